The Morgan fingerprint density at radius 2 is 2.32 bits per heavy atom. The molecule has 108 valence electrons. The average Bonchev–Trinajstić information content (AvgIpc) is 2.75. The van der Waals surface area contributed by atoms with Crippen molar-refractivity contribution >= 4 is 17.4 Å². The molecule has 0 aromatic carbocycles. The Bertz CT molecular complexity index is 408. The minimum absolute atomic E-state index is 0.0556. The fourth-order valence-electron chi connectivity index (χ4n) is 1.85. The number of aryl methyl sites for hydroxylation is 1. The molecule has 5 nitrogen and oxygen atoms in total. The molecule has 1 atom stereocenters. The van der Waals surface area contributed by atoms with Crippen LogP contribution in [0.2, 0.25) is 0 Å². The first-order chi connectivity index (χ1) is 8.99. The van der Waals surface area contributed by atoms with E-state index in [0.717, 1.165) is 24.3 Å². The molecule has 0 radical (unpaired) electrons. The lowest BCUT2D eigenvalue weighted by atomic mass is 9.98. The van der Waals surface area contributed by atoms with Gasteiger partial charge in [0.15, 0.2) is 0 Å². The number of nitrogens with one attached hydrogen (secondary N) is 2. The molecule has 2 amide bonds. The normalized spacial score (nSPS) is 13.9. The zero-order chi connectivity index (χ0) is 14.3. The minimum atomic E-state index is -0.545. The SMILES string of the molecule is CCCC(C)(CO)NC(=O)NCCc1ncc(C)s1. The zero-order valence-corrected chi connectivity index (χ0v) is 12.6. The van der Waals surface area contributed by atoms with Crippen molar-refractivity contribution in [3.05, 3.63) is 16.1 Å². The van der Waals surface area contributed by atoms with Crippen LogP contribution in [0.4, 0.5) is 4.79 Å². The molecule has 1 aromatic heterocycles. The Balaban J connectivity index is 2.31. The standard InChI is InChI=1S/C13H23N3O2S/c1-4-6-13(3,9-17)16-12(18)14-7-5-11-15-8-10(2)19-11/h8,17H,4-7,9H2,1-3H3,(H2,14,16,18). The van der Waals surface area contributed by atoms with Gasteiger partial charge in [-0.15, -0.1) is 11.3 Å². The predicted molar refractivity (Wildman–Crippen MR) is 77.5 cm³/mol. The molecule has 1 aromatic rings. The van der Waals surface area contributed by atoms with Crippen molar-refractivity contribution in [1.29, 1.82) is 0 Å². The van der Waals surface area contributed by atoms with E-state index in [1.165, 1.54) is 4.88 Å². The van der Waals surface area contributed by atoms with E-state index in [9.17, 15) is 9.90 Å². The fraction of sp³-hybridized carbons (Fsp3) is 0.692. The minimum Gasteiger partial charge on any atom is -0.394 e. The summed E-state index contributed by atoms with van der Waals surface area (Å²) in [7, 11) is 0. The topological polar surface area (TPSA) is 74.2 Å². The number of hydrogen-bond acceptors (Lipinski definition) is 4. The van der Waals surface area contributed by atoms with Gasteiger partial charge in [-0.25, -0.2) is 9.78 Å². The van der Waals surface area contributed by atoms with Gasteiger partial charge in [0.25, 0.3) is 0 Å². The van der Waals surface area contributed by atoms with E-state index in [2.05, 4.69) is 15.6 Å². The fourth-order valence-corrected chi connectivity index (χ4v) is 2.64. The van der Waals surface area contributed by atoms with Gasteiger partial charge in [0.1, 0.15) is 0 Å². The largest absolute Gasteiger partial charge is 0.394 e. The zero-order valence-electron chi connectivity index (χ0n) is 11.8. The number of aliphatic hydroxyl groups excluding tert-OH is 1. The van der Waals surface area contributed by atoms with E-state index in [-0.39, 0.29) is 12.6 Å². The van der Waals surface area contributed by atoms with Gasteiger partial charge in [-0.2, -0.15) is 0 Å². The van der Waals surface area contributed by atoms with Crippen molar-refractivity contribution in [2.24, 2.45) is 0 Å². The number of nitrogens with zero attached hydrogens (tertiary/aromatic N) is 1. The van der Waals surface area contributed by atoms with Crippen molar-refractivity contribution in [1.82, 2.24) is 15.6 Å². The maximum absolute atomic E-state index is 11.7. The maximum atomic E-state index is 11.7. The molecule has 0 saturated carbocycles. The second-order valence-corrected chi connectivity index (χ2v) is 6.28. The van der Waals surface area contributed by atoms with Crippen LogP contribution in [0.5, 0.6) is 0 Å². The molecule has 0 aliphatic carbocycles. The van der Waals surface area contributed by atoms with Gasteiger partial charge in [-0.1, -0.05) is 13.3 Å². The number of urea groups is 1. The van der Waals surface area contributed by atoms with Gasteiger partial charge in [-0.05, 0) is 20.3 Å². The van der Waals surface area contributed by atoms with Gasteiger partial charge in [-0.3, -0.25) is 0 Å². The second kappa shape index (κ2) is 7.45. The summed E-state index contributed by atoms with van der Waals surface area (Å²) in [4.78, 5) is 17.2. The third-order valence-corrected chi connectivity index (χ3v) is 3.83. The predicted octanol–water partition coefficient (Wildman–Crippen LogP) is 1.84. The molecule has 0 aliphatic rings. The highest BCUT2D eigenvalue weighted by Crippen LogP contribution is 2.12. The summed E-state index contributed by atoms with van der Waals surface area (Å²) in [5.41, 5.74) is -0.545. The van der Waals surface area contributed by atoms with Gasteiger partial charge < -0.3 is 15.7 Å². The molecule has 6 heteroatoms. The molecule has 1 heterocycles. The van der Waals surface area contributed by atoms with E-state index in [4.69, 9.17) is 0 Å². The van der Waals surface area contributed by atoms with Gasteiger partial charge in [0.05, 0.1) is 17.2 Å². The van der Waals surface area contributed by atoms with Crippen LogP contribution in [-0.2, 0) is 6.42 Å². The number of carbonyl (C=O) groups is 1. The maximum Gasteiger partial charge on any atom is 0.315 e. The molecule has 0 fully saturated rings. The summed E-state index contributed by atoms with van der Waals surface area (Å²) in [5.74, 6) is 0. The number of carbonyl (C=O) groups excluding carboxylic acids is 1. The molecule has 3 N–H and O–H groups in total. The lowest BCUT2D eigenvalue weighted by molar-refractivity contribution is 0.163. The van der Waals surface area contributed by atoms with Crippen LogP contribution >= 0.6 is 11.3 Å². The van der Waals surface area contributed by atoms with Crippen molar-refractivity contribution in [2.75, 3.05) is 13.2 Å². The summed E-state index contributed by atoms with van der Waals surface area (Å²) in [5, 5.41) is 16.0. The van der Waals surface area contributed by atoms with Gasteiger partial charge in [0, 0.05) is 24.0 Å². The molecule has 0 aliphatic heterocycles. The molecule has 0 bridgehead atoms. The number of hydrogen-bond donors (Lipinski definition) is 3. The van der Waals surface area contributed by atoms with E-state index in [0.29, 0.717) is 6.54 Å². The quantitative estimate of drug-likeness (QED) is 0.715. The smallest absolute Gasteiger partial charge is 0.315 e. The Morgan fingerprint density at radius 1 is 1.58 bits per heavy atom. The number of amides is 2. The Kier molecular flexibility index (Phi) is 6.24. The lowest BCUT2D eigenvalue weighted by Crippen LogP contribution is -2.52. The number of aliphatic hydroxyl groups is 1. The first kappa shape index (κ1) is 15.9. The van der Waals surface area contributed by atoms with Crippen LogP contribution in [0.1, 0.15) is 36.6 Å². The Labute approximate surface area is 118 Å². The number of thiazole rings is 1. The summed E-state index contributed by atoms with van der Waals surface area (Å²) in [6, 6.07) is -0.238. The lowest BCUT2D eigenvalue weighted by Gasteiger charge is -2.28. The van der Waals surface area contributed by atoms with Crippen LogP contribution in [-0.4, -0.2) is 34.8 Å². The Hall–Kier alpha value is -1.14. The van der Waals surface area contributed by atoms with Crippen molar-refractivity contribution in [2.45, 2.75) is 45.6 Å². The first-order valence-electron chi connectivity index (χ1n) is 6.57. The molecule has 0 saturated heterocycles. The average molecular weight is 285 g/mol. The highest BCUT2D eigenvalue weighted by atomic mass is 32.1. The van der Waals surface area contributed by atoms with E-state index in [1.54, 1.807) is 11.3 Å². The van der Waals surface area contributed by atoms with Crippen LogP contribution in [0.15, 0.2) is 6.20 Å². The van der Waals surface area contributed by atoms with Crippen LogP contribution < -0.4 is 10.6 Å². The molecule has 1 unspecified atom stereocenters. The summed E-state index contributed by atoms with van der Waals surface area (Å²) >= 11 is 1.64. The summed E-state index contributed by atoms with van der Waals surface area (Å²) in [6.07, 6.45) is 4.23. The van der Waals surface area contributed by atoms with Gasteiger partial charge >= 0.3 is 6.03 Å². The first-order valence-corrected chi connectivity index (χ1v) is 7.39. The van der Waals surface area contributed by atoms with Crippen LogP contribution in [0, 0.1) is 6.92 Å². The van der Waals surface area contributed by atoms with Crippen molar-refractivity contribution in [3.8, 4) is 0 Å². The second-order valence-electron chi connectivity index (χ2n) is 4.96. The van der Waals surface area contributed by atoms with Crippen LogP contribution in [0.3, 0.4) is 0 Å². The van der Waals surface area contributed by atoms with Crippen LogP contribution in [0.25, 0.3) is 0 Å². The molecule has 19 heavy (non-hydrogen) atoms. The van der Waals surface area contributed by atoms with E-state index >= 15 is 0 Å². The third kappa shape index (κ3) is 5.57. The highest BCUT2D eigenvalue weighted by Gasteiger charge is 2.24. The summed E-state index contributed by atoms with van der Waals surface area (Å²) < 4.78 is 0. The van der Waals surface area contributed by atoms with E-state index in [1.807, 2.05) is 27.0 Å². The number of aromatic nitrogens is 1. The monoisotopic (exact) mass is 285 g/mol. The highest BCUT2D eigenvalue weighted by molar-refractivity contribution is 7.11. The van der Waals surface area contributed by atoms with E-state index < -0.39 is 5.54 Å². The third-order valence-electron chi connectivity index (χ3n) is 2.86. The molecular weight excluding hydrogens is 262 g/mol. The molecule has 0 spiro atoms. The summed E-state index contributed by atoms with van der Waals surface area (Å²) in [6.45, 7) is 6.38. The molecular formula is C13H23N3O2S. The Morgan fingerprint density at radius 3 is 2.84 bits per heavy atom. The van der Waals surface area contributed by atoms with Gasteiger partial charge in [0.2, 0.25) is 0 Å². The number of rotatable bonds is 7. The van der Waals surface area contributed by atoms with Crippen molar-refractivity contribution in [3.63, 3.8) is 0 Å². The van der Waals surface area contributed by atoms with Crippen molar-refractivity contribution < 1.29 is 9.90 Å². The molecule has 1 rings (SSSR count).